The number of hydrogen-bond acceptors (Lipinski definition) is 3. The Balaban J connectivity index is 1.94. The highest BCUT2D eigenvalue weighted by Gasteiger charge is 2.28. The Hall–Kier alpha value is -1.37. The van der Waals surface area contributed by atoms with Crippen LogP contribution in [-0.2, 0) is 9.47 Å². The van der Waals surface area contributed by atoms with E-state index in [0.29, 0.717) is 11.8 Å². The van der Waals surface area contributed by atoms with Gasteiger partial charge in [0, 0.05) is 20.1 Å². The lowest BCUT2D eigenvalue weighted by Crippen LogP contribution is -2.28. The Kier molecular flexibility index (Phi) is 4.95. The Morgan fingerprint density at radius 3 is 2.11 bits per heavy atom. The molecule has 1 saturated carbocycles. The fraction of sp³-hybridized carbons (Fsp3) is 0.562. The highest BCUT2D eigenvalue weighted by atomic mass is 16.7. The van der Waals surface area contributed by atoms with Crippen LogP contribution in [0, 0.1) is 17.2 Å². The molecule has 1 aromatic rings. The minimum Gasteiger partial charge on any atom is -0.356 e. The molecule has 3 heteroatoms. The number of rotatable bonds is 4. The molecule has 1 fully saturated rings. The second-order valence-electron chi connectivity index (χ2n) is 5.19. The zero-order chi connectivity index (χ0) is 13.7. The SMILES string of the molecule is COC(OC)C1CCC(c2ccc(C#N)cc2)CC1. The zero-order valence-corrected chi connectivity index (χ0v) is 11.6. The molecular weight excluding hydrogens is 238 g/mol. The maximum atomic E-state index is 8.81. The maximum Gasteiger partial charge on any atom is 0.159 e. The van der Waals surface area contributed by atoms with Crippen LogP contribution in [0.3, 0.4) is 0 Å². The summed E-state index contributed by atoms with van der Waals surface area (Å²) in [5.74, 6) is 1.11. The Morgan fingerprint density at radius 2 is 1.63 bits per heavy atom. The van der Waals surface area contributed by atoms with Gasteiger partial charge in [-0.05, 0) is 49.3 Å². The van der Waals surface area contributed by atoms with Crippen LogP contribution in [0.1, 0.15) is 42.7 Å². The van der Waals surface area contributed by atoms with Gasteiger partial charge in [-0.3, -0.25) is 0 Å². The first kappa shape index (κ1) is 14.0. The first-order chi connectivity index (χ1) is 9.28. The Morgan fingerprint density at radius 1 is 1.05 bits per heavy atom. The van der Waals surface area contributed by atoms with E-state index in [1.807, 2.05) is 12.1 Å². The van der Waals surface area contributed by atoms with Gasteiger partial charge in [-0.1, -0.05) is 12.1 Å². The first-order valence-electron chi connectivity index (χ1n) is 6.84. The lowest BCUT2D eigenvalue weighted by molar-refractivity contribution is -0.144. The van der Waals surface area contributed by atoms with Crippen molar-refractivity contribution in [2.75, 3.05) is 14.2 Å². The molecule has 2 rings (SSSR count). The number of nitriles is 1. The van der Waals surface area contributed by atoms with Gasteiger partial charge in [0.1, 0.15) is 0 Å². The number of benzene rings is 1. The van der Waals surface area contributed by atoms with Crippen molar-refractivity contribution in [2.24, 2.45) is 5.92 Å². The molecule has 0 radical (unpaired) electrons. The van der Waals surface area contributed by atoms with Gasteiger partial charge in [0.2, 0.25) is 0 Å². The summed E-state index contributed by atoms with van der Waals surface area (Å²) in [6.07, 6.45) is 4.54. The molecule has 0 spiro atoms. The van der Waals surface area contributed by atoms with Crippen LogP contribution in [0.25, 0.3) is 0 Å². The van der Waals surface area contributed by atoms with Crippen molar-refractivity contribution >= 4 is 0 Å². The molecule has 1 aliphatic rings. The molecule has 0 heterocycles. The van der Waals surface area contributed by atoms with E-state index in [2.05, 4.69) is 18.2 Å². The van der Waals surface area contributed by atoms with E-state index < -0.39 is 0 Å². The molecule has 0 amide bonds. The van der Waals surface area contributed by atoms with Crippen molar-refractivity contribution < 1.29 is 9.47 Å². The number of methoxy groups -OCH3 is 2. The summed E-state index contributed by atoms with van der Waals surface area (Å²) in [5.41, 5.74) is 2.08. The maximum absolute atomic E-state index is 8.81. The standard InChI is InChI=1S/C16H21NO2/c1-18-16(19-2)15-9-7-14(8-10-15)13-5-3-12(11-17)4-6-13/h3-6,14-16H,7-10H2,1-2H3. The number of ether oxygens (including phenoxy) is 2. The average molecular weight is 259 g/mol. The minimum absolute atomic E-state index is 0.0677. The van der Waals surface area contributed by atoms with Crippen molar-refractivity contribution in [3.63, 3.8) is 0 Å². The van der Waals surface area contributed by atoms with Crippen LogP contribution in [0.5, 0.6) is 0 Å². The van der Waals surface area contributed by atoms with Gasteiger partial charge in [-0.2, -0.15) is 5.26 Å². The average Bonchev–Trinajstić information content (AvgIpc) is 2.49. The fourth-order valence-corrected chi connectivity index (χ4v) is 3.04. The van der Waals surface area contributed by atoms with Crippen molar-refractivity contribution in [3.05, 3.63) is 35.4 Å². The topological polar surface area (TPSA) is 42.2 Å². The summed E-state index contributed by atoms with van der Waals surface area (Å²) in [4.78, 5) is 0. The first-order valence-corrected chi connectivity index (χ1v) is 6.84. The van der Waals surface area contributed by atoms with Crippen molar-refractivity contribution in [2.45, 2.75) is 37.9 Å². The van der Waals surface area contributed by atoms with Crippen LogP contribution in [0.2, 0.25) is 0 Å². The zero-order valence-electron chi connectivity index (χ0n) is 11.6. The van der Waals surface area contributed by atoms with E-state index in [0.717, 1.165) is 18.4 Å². The molecule has 1 aromatic carbocycles. The molecule has 19 heavy (non-hydrogen) atoms. The third kappa shape index (κ3) is 3.34. The van der Waals surface area contributed by atoms with Gasteiger partial charge in [0.15, 0.2) is 6.29 Å². The third-order valence-electron chi connectivity index (χ3n) is 4.13. The van der Waals surface area contributed by atoms with Gasteiger partial charge in [-0.25, -0.2) is 0 Å². The van der Waals surface area contributed by atoms with Crippen molar-refractivity contribution in [3.8, 4) is 6.07 Å². The summed E-state index contributed by atoms with van der Waals surface area (Å²) in [5, 5.41) is 8.81. The molecule has 0 aliphatic heterocycles. The molecule has 1 aliphatic carbocycles. The molecule has 0 bridgehead atoms. The normalized spacial score (nSPS) is 23.3. The van der Waals surface area contributed by atoms with Gasteiger partial charge < -0.3 is 9.47 Å². The van der Waals surface area contributed by atoms with E-state index in [9.17, 15) is 0 Å². The van der Waals surface area contributed by atoms with E-state index >= 15 is 0 Å². The summed E-state index contributed by atoms with van der Waals surface area (Å²) in [6.45, 7) is 0. The van der Waals surface area contributed by atoms with Crippen LogP contribution in [-0.4, -0.2) is 20.5 Å². The number of nitrogens with zero attached hydrogens (tertiary/aromatic N) is 1. The predicted octanol–water partition coefficient (Wildman–Crippen LogP) is 3.45. The van der Waals surface area contributed by atoms with E-state index in [1.165, 1.54) is 18.4 Å². The van der Waals surface area contributed by atoms with Crippen LogP contribution in [0.4, 0.5) is 0 Å². The Labute approximate surface area is 115 Å². The third-order valence-corrected chi connectivity index (χ3v) is 4.13. The largest absolute Gasteiger partial charge is 0.356 e. The molecule has 0 aromatic heterocycles. The van der Waals surface area contributed by atoms with E-state index in [-0.39, 0.29) is 6.29 Å². The van der Waals surface area contributed by atoms with Gasteiger partial charge >= 0.3 is 0 Å². The molecule has 0 unspecified atom stereocenters. The van der Waals surface area contributed by atoms with Crippen LogP contribution < -0.4 is 0 Å². The second-order valence-corrected chi connectivity index (χ2v) is 5.19. The Bertz CT molecular complexity index is 423. The molecule has 3 nitrogen and oxygen atoms in total. The predicted molar refractivity (Wildman–Crippen MR) is 73.7 cm³/mol. The summed E-state index contributed by atoms with van der Waals surface area (Å²) < 4.78 is 10.7. The van der Waals surface area contributed by atoms with Crippen LogP contribution in [0.15, 0.2) is 24.3 Å². The fourth-order valence-electron chi connectivity index (χ4n) is 3.04. The van der Waals surface area contributed by atoms with Crippen LogP contribution >= 0.6 is 0 Å². The smallest absolute Gasteiger partial charge is 0.159 e. The molecule has 0 N–H and O–H groups in total. The summed E-state index contributed by atoms with van der Waals surface area (Å²) >= 11 is 0. The highest BCUT2D eigenvalue weighted by Crippen LogP contribution is 2.37. The minimum atomic E-state index is -0.0677. The lowest BCUT2D eigenvalue weighted by Gasteiger charge is -2.32. The van der Waals surface area contributed by atoms with Gasteiger partial charge in [0.05, 0.1) is 11.6 Å². The molecule has 102 valence electrons. The van der Waals surface area contributed by atoms with E-state index in [1.54, 1.807) is 14.2 Å². The quantitative estimate of drug-likeness (QED) is 0.778. The van der Waals surface area contributed by atoms with Crippen molar-refractivity contribution in [1.29, 1.82) is 5.26 Å². The molecular formula is C16H21NO2. The number of hydrogen-bond donors (Lipinski definition) is 0. The second kappa shape index (κ2) is 6.70. The lowest BCUT2D eigenvalue weighted by atomic mass is 9.78. The summed E-state index contributed by atoms with van der Waals surface area (Å²) in [7, 11) is 3.42. The molecule has 0 atom stereocenters. The van der Waals surface area contributed by atoms with Crippen molar-refractivity contribution in [1.82, 2.24) is 0 Å². The highest BCUT2D eigenvalue weighted by molar-refractivity contribution is 5.33. The monoisotopic (exact) mass is 259 g/mol. The summed E-state index contributed by atoms with van der Waals surface area (Å²) in [6, 6.07) is 10.2. The van der Waals surface area contributed by atoms with E-state index in [4.69, 9.17) is 14.7 Å². The van der Waals surface area contributed by atoms with Gasteiger partial charge in [-0.15, -0.1) is 0 Å². The van der Waals surface area contributed by atoms with Gasteiger partial charge in [0.25, 0.3) is 0 Å². The molecule has 0 saturated heterocycles.